The van der Waals surface area contributed by atoms with Gasteiger partial charge in [-0.05, 0) is 24.4 Å². The quantitative estimate of drug-likeness (QED) is 0.870. The highest BCUT2D eigenvalue weighted by molar-refractivity contribution is 7.17. The highest BCUT2D eigenvalue weighted by Gasteiger charge is 2.06. The highest BCUT2D eigenvalue weighted by Crippen LogP contribution is 2.15. The van der Waals surface area contributed by atoms with Crippen molar-refractivity contribution >= 4 is 27.3 Å². The van der Waals surface area contributed by atoms with Gasteiger partial charge in [-0.3, -0.25) is 9.59 Å². The van der Waals surface area contributed by atoms with Crippen LogP contribution >= 0.6 is 11.3 Å². The van der Waals surface area contributed by atoms with Crippen molar-refractivity contribution < 1.29 is 4.79 Å². The number of thiophene rings is 1. The summed E-state index contributed by atoms with van der Waals surface area (Å²) in [5.41, 5.74) is -0.106. The van der Waals surface area contributed by atoms with Crippen LogP contribution in [-0.4, -0.2) is 17.0 Å². The average molecular weight is 236 g/mol. The van der Waals surface area contributed by atoms with Gasteiger partial charge in [-0.2, -0.15) is 0 Å². The molecular formula is C11H12N2O2S. The van der Waals surface area contributed by atoms with Crippen LogP contribution in [-0.2, 0) is 11.3 Å². The summed E-state index contributed by atoms with van der Waals surface area (Å²) in [6.45, 7) is 2.51. The third kappa shape index (κ3) is 1.99. The average Bonchev–Trinajstić information content (AvgIpc) is 2.71. The van der Waals surface area contributed by atoms with E-state index in [2.05, 4.69) is 5.32 Å². The van der Waals surface area contributed by atoms with Crippen LogP contribution in [0, 0.1) is 0 Å². The lowest BCUT2D eigenvalue weighted by Gasteiger charge is -2.05. The predicted octanol–water partition coefficient (Wildman–Crippen LogP) is 1.20. The molecule has 4 nitrogen and oxygen atoms in total. The zero-order valence-corrected chi connectivity index (χ0v) is 9.71. The molecule has 0 fully saturated rings. The van der Waals surface area contributed by atoms with Crippen molar-refractivity contribution in [1.82, 2.24) is 9.88 Å². The second kappa shape index (κ2) is 4.49. The minimum atomic E-state index is -0.140. The van der Waals surface area contributed by atoms with Crippen molar-refractivity contribution in [3.63, 3.8) is 0 Å². The third-order valence-corrected chi connectivity index (χ3v) is 3.16. The third-order valence-electron chi connectivity index (χ3n) is 2.28. The molecule has 1 N–H and O–H groups in total. The van der Waals surface area contributed by atoms with Crippen molar-refractivity contribution in [2.45, 2.75) is 13.5 Å². The summed E-state index contributed by atoms with van der Waals surface area (Å²) in [5, 5.41) is 5.22. The van der Waals surface area contributed by atoms with Crippen LogP contribution in [0.5, 0.6) is 0 Å². The standard InChI is InChI=1S/C11H12N2O2S/c1-2-12-10(14)7-13-5-3-9-8(11(13)15)4-6-16-9/h3-6H,2,7H2,1H3,(H,12,14). The Balaban J connectivity index is 2.34. The summed E-state index contributed by atoms with van der Waals surface area (Å²) >= 11 is 1.53. The number of hydrogen-bond donors (Lipinski definition) is 1. The van der Waals surface area contributed by atoms with Crippen molar-refractivity contribution in [3.05, 3.63) is 34.1 Å². The Morgan fingerprint density at radius 3 is 3.06 bits per heavy atom. The van der Waals surface area contributed by atoms with E-state index in [1.54, 1.807) is 12.3 Å². The first-order valence-corrected chi connectivity index (χ1v) is 5.93. The van der Waals surface area contributed by atoms with Crippen LogP contribution in [0.4, 0.5) is 0 Å². The van der Waals surface area contributed by atoms with E-state index in [0.717, 1.165) is 4.70 Å². The molecule has 1 amide bonds. The van der Waals surface area contributed by atoms with Gasteiger partial charge < -0.3 is 9.88 Å². The van der Waals surface area contributed by atoms with Gasteiger partial charge in [0, 0.05) is 17.4 Å². The van der Waals surface area contributed by atoms with Gasteiger partial charge in [-0.25, -0.2) is 0 Å². The monoisotopic (exact) mass is 236 g/mol. The lowest BCUT2D eigenvalue weighted by molar-refractivity contribution is -0.121. The molecule has 2 heterocycles. The molecule has 0 saturated carbocycles. The van der Waals surface area contributed by atoms with Gasteiger partial charge in [-0.1, -0.05) is 0 Å². The molecule has 0 unspecified atom stereocenters. The number of amides is 1. The second-order valence-corrected chi connectivity index (χ2v) is 4.35. The van der Waals surface area contributed by atoms with Crippen molar-refractivity contribution in [1.29, 1.82) is 0 Å². The number of nitrogens with one attached hydrogen (secondary N) is 1. The molecule has 0 aliphatic heterocycles. The summed E-state index contributed by atoms with van der Waals surface area (Å²) in [6, 6.07) is 3.65. The van der Waals surface area contributed by atoms with E-state index in [1.165, 1.54) is 15.9 Å². The molecule has 0 aromatic carbocycles. The largest absolute Gasteiger partial charge is 0.355 e. The fourth-order valence-corrected chi connectivity index (χ4v) is 2.31. The van der Waals surface area contributed by atoms with Crippen LogP contribution in [0.3, 0.4) is 0 Å². The number of pyridine rings is 1. The van der Waals surface area contributed by atoms with Gasteiger partial charge in [0.1, 0.15) is 6.54 Å². The van der Waals surface area contributed by atoms with E-state index in [9.17, 15) is 9.59 Å². The summed E-state index contributed by atoms with van der Waals surface area (Å²) in [6.07, 6.45) is 1.66. The lowest BCUT2D eigenvalue weighted by Crippen LogP contribution is -2.31. The van der Waals surface area contributed by atoms with Gasteiger partial charge in [0.25, 0.3) is 5.56 Å². The Morgan fingerprint density at radius 2 is 2.31 bits per heavy atom. The summed E-state index contributed by atoms with van der Waals surface area (Å²) in [4.78, 5) is 23.3. The summed E-state index contributed by atoms with van der Waals surface area (Å²) < 4.78 is 2.39. The molecule has 16 heavy (non-hydrogen) atoms. The Morgan fingerprint density at radius 1 is 1.50 bits per heavy atom. The first kappa shape index (κ1) is 10.9. The molecule has 0 saturated heterocycles. The Labute approximate surface area is 96.5 Å². The minimum Gasteiger partial charge on any atom is -0.355 e. The molecular weight excluding hydrogens is 224 g/mol. The first-order chi connectivity index (χ1) is 7.72. The van der Waals surface area contributed by atoms with E-state index in [4.69, 9.17) is 0 Å². The molecule has 5 heteroatoms. The fourth-order valence-electron chi connectivity index (χ4n) is 1.54. The number of carbonyl (C=O) groups is 1. The van der Waals surface area contributed by atoms with Gasteiger partial charge in [-0.15, -0.1) is 11.3 Å². The highest BCUT2D eigenvalue weighted by atomic mass is 32.1. The predicted molar refractivity (Wildman–Crippen MR) is 64.8 cm³/mol. The second-order valence-electron chi connectivity index (χ2n) is 3.40. The molecule has 0 aliphatic carbocycles. The smallest absolute Gasteiger partial charge is 0.259 e. The van der Waals surface area contributed by atoms with E-state index in [0.29, 0.717) is 11.9 Å². The topological polar surface area (TPSA) is 51.1 Å². The molecule has 0 bridgehead atoms. The number of likely N-dealkylation sites (N-methyl/N-ethyl adjacent to an activating group) is 1. The Bertz CT molecular complexity index is 571. The molecule has 2 aromatic heterocycles. The first-order valence-electron chi connectivity index (χ1n) is 5.05. The normalized spacial score (nSPS) is 10.6. The van der Waals surface area contributed by atoms with Crippen molar-refractivity contribution in [2.75, 3.05) is 6.54 Å². The lowest BCUT2D eigenvalue weighted by atomic mass is 10.3. The van der Waals surface area contributed by atoms with Crippen LogP contribution in [0.2, 0.25) is 0 Å². The van der Waals surface area contributed by atoms with E-state index in [1.807, 2.05) is 18.4 Å². The number of hydrogen-bond acceptors (Lipinski definition) is 3. The number of aromatic nitrogens is 1. The number of nitrogens with zero attached hydrogens (tertiary/aromatic N) is 1. The van der Waals surface area contributed by atoms with Crippen LogP contribution in [0.1, 0.15) is 6.92 Å². The fraction of sp³-hybridized carbons (Fsp3) is 0.273. The summed E-state index contributed by atoms with van der Waals surface area (Å²) in [7, 11) is 0. The molecule has 0 spiro atoms. The molecule has 0 aliphatic rings. The number of fused-ring (bicyclic) bond motifs is 1. The minimum absolute atomic E-state index is 0.0818. The zero-order chi connectivity index (χ0) is 11.5. The number of rotatable bonds is 3. The van der Waals surface area contributed by atoms with Crippen molar-refractivity contribution in [3.8, 4) is 0 Å². The molecule has 0 radical (unpaired) electrons. The van der Waals surface area contributed by atoms with Crippen LogP contribution < -0.4 is 10.9 Å². The van der Waals surface area contributed by atoms with Crippen LogP contribution in [0.25, 0.3) is 10.1 Å². The maximum Gasteiger partial charge on any atom is 0.259 e. The van der Waals surface area contributed by atoms with E-state index < -0.39 is 0 Å². The maximum absolute atomic E-state index is 11.9. The Kier molecular flexibility index (Phi) is 3.05. The zero-order valence-electron chi connectivity index (χ0n) is 8.90. The molecule has 0 atom stereocenters. The van der Waals surface area contributed by atoms with E-state index >= 15 is 0 Å². The van der Waals surface area contributed by atoms with E-state index in [-0.39, 0.29) is 18.0 Å². The Hall–Kier alpha value is -1.62. The molecule has 84 valence electrons. The van der Waals surface area contributed by atoms with Gasteiger partial charge in [0.2, 0.25) is 5.91 Å². The summed E-state index contributed by atoms with van der Waals surface area (Å²) in [5.74, 6) is -0.140. The molecule has 2 aromatic rings. The molecule has 2 rings (SSSR count). The van der Waals surface area contributed by atoms with Gasteiger partial charge in [0.15, 0.2) is 0 Å². The van der Waals surface area contributed by atoms with Gasteiger partial charge >= 0.3 is 0 Å². The van der Waals surface area contributed by atoms with Crippen LogP contribution in [0.15, 0.2) is 28.5 Å². The SMILES string of the molecule is CCNC(=O)Cn1ccc2sccc2c1=O. The number of carbonyl (C=O) groups excluding carboxylic acids is 1. The van der Waals surface area contributed by atoms with Gasteiger partial charge in [0.05, 0.1) is 5.39 Å². The van der Waals surface area contributed by atoms with Crippen molar-refractivity contribution in [2.24, 2.45) is 0 Å². The maximum atomic E-state index is 11.9.